The van der Waals surface area contributed by atoms with Crippen molar-refractivity contribution in [2.75, 3.05) is 10.6 Å². The van der Waals surface area contributed by atoms with Crippen LogP contribution in [0.1, 0.15) is 15.9 Å². The molecular formula is C15H12BrClFNO. The predicted molar refractivity (Wildman–Crippen MR) is 83.3 cm³/mol. The first-order valence-corrected chi connectivity index (χ1v) is 7.51. The molecule has 0 saturated carbocycles. The molecule has 0 fully saturated rings. The number of alkyl halides is 1. The van der Waals surface area contributed by atoms with E-state index >= 15 is 0 Å². The molecular weight excluding hydrogens is 345 g/mol. The minimum Gasteiger partial charge on any atom is -0.322 e. The van der Waals surface area contributed by atoms with Crippen LogP contribution in [0.15, 0.2) is 42.5 Å². The van der Waals surface area contributed by atoms with Gasteiger partial charge in [-0.3, -0.25) is 4.79 Å². The molecule has 0 atom stereocenters. The van der Waals surface area contributed by atoms with Gasteiger partial charge in [-0.1, -0.05) is 39.7 Å². The molecule has 0 radical (unpaired) electrons. The van der Waals surface area contributed by atoms with Crippen molar-refractivity contribution in [2.24, 2.45) is 0 Å². The molecule has 2 rings (SSSR count). The molecule has 0 saturated heterocycles. The summed E-state index contributed by atoms with van der Waals surface area (Å²) in [6, 6.07) is 11.2. The quantitative estimate of drug-likeness (QED) is 0.793. The summed E-state index contributed by atoms with van der Waals surface area (Å²) in [5.41, 5.74) is 2.10. The first-order valence-electron chi connectivity index (χ1n) is 6.01. The summed E-state index contributed by atoms with van der Waals surface area (Å²) in [5.74, 6) is -0.825. The molecule has 0 bridgehead atoms. The van der Waals surface area contributed by atoms with E-state index in [0.717, 1.165) is 17.8 Å². The zero-order chi connectivity index (χ0) is 14.5. The third-order valence-corrected chi connectivity index (χ3v) is 3.48. The molecule has 1 N–H and O–H groups in total. The Hall–Kier alpha value is -1.39. The topological polar surface area (TPSA) is 29.1 Å². The summed E-state index contributed by atoms with van der Waals surface area (Å²) in [6.45, 7) is 0. The van der Waals surface area contributed by atoms with Crippen LogP contribution in [-0.2, 0) is 6.42 Å². The summed E-state index contributed by atoms with van der Waals surface area (Å²) in [5, 5.41) is 3.72. The van der Waals surface area contributed by atoms with Gasteiger partial charge in [0.05, 0.1) is 10.6 Å². The fourth-order valence-electron chi connectivity index (χ4n) is 1.74. The van der Waals surface area contributed by atoms with Crippen LogP contribution in [-0.4, -0.2) is 11.2 Å². The minimum absolute atomic E-state index is 0.0957. The molecule has 0 aliphatic carbocycles. The summed E-state index contributed by atoms with van der Waals surface area (Å²) in [6.07, 6.45) is 0.929. The molecule has 0 aliphatic heterocycles. The highest BCUT2D eigenvalue weighted by Gasteiger charge is 2.11. The second kappa shape index (κ2) is 6.86. The molecule has 0 aromatic heterocycles. The number of amides is 1. The van der Waals surface area contributed by atoms with Gasteiger partial charge in [-0.05, 0) is 42.3 Å². The van der Waals surface area contributed by atoms with E-state index in [0.29, 0.717) is 5.69 Å². The summed E-state index contributed by atoms with van der Waals surface area (Å²) in [7, 11) is 0. The lowest BCUT2D eigenvalue weighted by atomic mass is 10.1. The molecule has 0 spiro atoms. The van der Waals surface area contributed by atoms with Crippen molar-refractivity contribution in [3.05, 3.63) is 64.4 Å². The van der Waals surface area contributed by atoms with Crippen LogP contribution in [0.4, 0.5) is 10.1 Å². The number of nitrogens with one attached hydrogen (secondary N) is 1. The fraction of sp³-hybridized carbons (Fsp3) is 0.133. The Morgan fingerprint density at radius 2 is 1.90 bits per heavy atom. The van der Waals surface area contributed by atoms with Gasteiger partial charge in [0.25, 0.3) is 5.91 Å². The van der Waals surface area contributed by atoms with E-state index in [-0.39, 0.29) is 16.5 Å². The number of hydrogen-bond donors (Lipinski definition) is 1. The largest absolute Gasteiger partial charge is 0.322 e. The molecule has 1 amide bonds. The third kappa shape index (κ3) is 3.81. The molecule has 2 nitrogen and oxygen atoms in total. The Bertz CT molecular complexity index is 616. The standard InChI is InChI=1S/C15H12BrClFNO/c16-8-7-10-1-4-12(5-2-10)19-15(20)13-6-3-11(18)9-14(13)17/h1-6,9H,7-8H2,(H,19,20). The predicted octanol–water partition coefficient (Wildman–Crippen LogP) is 4.67. The Morgan fingerprint density at radius 1 is 1.20 bits per heavy atom. The number of aryl methyl sites for hydroxylation is 1. The summed E-state index contributed by atoms with van der Waals surface area (Å²) >= 11 is 9.23. The Labute approximate surface area is 130 Å². The van der Waals surface area contributed by atoms with E-state index in [1.54, 1.807) is 0 Å². The minimum atomic E-state index is -0.467. The van der Waals surface area contributed by atoms with E-state index in [2.05, 4.69) is 21.2 Å². The van der Waals surface area contributed by atoms with Gasteiger partial charge >= 0.3 is 0 Å². The van der Waals surface area contributed by atoms with Crippen LogP contribution < -0.4 is 5.32 Å². The summed E-state index contributed by atoms with van der Waals surface area (Å²) in [4.78, 5) is 12.0. The highest BCUT2D eigenvalue weighted by atomic mass is 79.9. The van der Waals surface area contributed by atoms with Gasteiger partial charge in [0.2, 0.25) is 0 Å². The van der Waals surface area contributed by atoms with Crippen molar-refractivity contribution in [3.63, 3.8) is 0 Å². The third-order valence-electron chi connectivity index (χ3n) is 2.77. The first-order chi connectivity index (χ1) is 9.60. The fourth-order valence-corrected chi connectivity index (χ4v) is 2.45. The van der Waals surface area contributed by atoms with Crippen molar-refractivity contribution in [1.29, 1.82) is 0 Å². The molecule has 5 heteroatoms. The number of carbonyl (C=O) groups is 1. The van der Waals surface area contributed by atoms with Crippen LogP contribution in [0.2, 0.25) is 5.02 Å². The Morgan fingerprint density at radius 3 is 2.50 bits per heavy atom. The second-order valence-electron chi connectivity index (χ2n) is 4.21. The average molecular weight is 357 g/mol. The maximum Gasteiger partial charge on any atom is 0.257 e. The smallest absolute Gasteiger partial charge is 0.257 e. The van der Waals surface area contributed by atoms with Crippen molar-refractivity contribution in [2.45, 2.75) is 6.42 Å². The van der Waals surface area contributed by atoms with Crippen molar-refractivity contribution in [1.82, 2.24) is 0 Å². The van der Waals surface area contributed by atoms with Gasteiger partial charge in [0.1, 0.15) is 5.82 Å². The van der Waals surface area contributed by atoms with Crippen LogP contribution in [0.5, 0.6) is 0 Å². The van der Waals surface area contributed by atoms with E-state index in [9.17, 15) is 9.18 Å². The molecule has 2 aromatic carbocycles. The lowest BCUT2D eigenvalue weighted by molar-refractivity contribution is 0.102. The molecule has 20 heavy (non-hydrogen) atoms. The van der Waals surface area contributed by atoms with Gasteiger partial charge in [-0.25, -0.2) is 4.39 Å². The summed E-state index contributed by atoms with van der Waals surface area (Å²) < 4.78 is 12.9. The van der Waals surface area contributed by atoms with Crippen molar-refractivity contribution >= 4 is 39.1 Å². The molecule has 2 aromatic rings. The molecule has 0 unspecified atom stereocenters. The van der Waals surface area contributed by atoms with E-state index in [4.69, 9.17) is 11.6 Å². The van der Waals surface area contributed by atoms with E-state index in [1.807, 2.05) is 24.3 Å². The van der Waals surface area contributed by atoms with Crippen LogP contribution in [0.25, 0.3) is 0 Å². The number of benzene rings is 2. The van der Waals surface area contributed by atoms with Gasteiger partial charge in [0.15, 0.2) is 0 Å². The highest BCUT2D eigenvalue weighted by Crippen LogP contribution is 2.19. The monoisotopic (exact) mass is 355 g/mol. The number of anilines is 1. The Kier molecular flexibility index (Phi) is 5.15. The van der Waals surface area contributed by atoms with E-state index < -0.39 is 5.82 Å². The number of rotatable bonds is 4. The average Bonchev–Trinajstić information content (AvgIpc) is 2.41. The van der Waals surface area contributed by atoms with Crippen molar-refractivity contribution < 1.29 is 9.18 Å². The first kappa shape index (κ1) is 15.0. The van der Waals surface area contributed by atoms with Crippen molar-refractivity contribution in [3.8, 4) is 0 Å². The SMILES string of the molecule is O=C(Nc1ccc(CCBr)cc1)c1ccc(F)cc1Cl. The van der Waals surface area contributed by atoms with Crippen LogP contribution >= 0.6 is 27.5 Å². The maximum atomic E-state index is 12.9. The van der Waals surface area contributed by atoms with Gasteiger partial charge < -0.3 is 5.32 Å². The zero-order valence-electron chi connectivity index (χ0n) is 10.5. The van der Waals surface area contributed by atoms with Gasteiger partial charge in [-0.2, -0.15) is 0 Å². The zero-order valence-corrected chi connectivity index (χ0v) is 12.8. The van der Waals surface area contributed by atoms with Crippen LogP contribution in [0.3, 0.4) is 0 Å². The van der Waals surface area contributed by atoms with Gasteiger partial charge in [0, 0.05) is 11.0 Å². The molecule has 104 valence electrons. The molecule has 0 aliphatic rings. The van der Waals surface area contributed by atoms with Crippen LogP contribution in [0, 0.1) is 5.82 Å². The number of halogens is 3. The van der Waals surface area contributed by atoms with E-state index in [1.165, 1.54) is 17.7 Å². The van der Waals surface area contributed by atoms with Gasteiger partial charge in [-0.15, -0.1) is 0 Å². The maximum absolute atomic E-state index is 12.9. The lowest BCUT2D eigenvalue weighted by Crippen LogP contribution is -2.12. The highest BCUT2D eigenvalue weighted by molar-refractivity contribution is 9.09. The molecule has 0 heterocycles. The second-order valence-corrected chi connectivity index (χ2v) is 5.41. The number of hydrogen-bond acceptors (Lipinski definition) is 1. The normalized spacial score (nSPS) is 10.3. The lowest BCUT2D eigenvalue weighted by Gasteiger charge is -2.07. The Balaban J connectivity index is 2.11. The number of carbonyl (C=O) groups excluding carboxylic acids is 1.